The standard InChI is InChI=1S/C10H15BrN4/c1-2-12-9-8(11)7-13-10(14-9)15-5-3-4-6-15/h7H,2-6H2,1H3,(H,12,13,14). The van der Waals surface area contributed by atoms with Crippen molar-refractivity contribution in [2.75, 3.05) is 29.9 Å². The summed E-state index contributed by atoms with van der Waals surface area (Å²) in [5.41, 5.74) is 0. The number of nitrogens with one attached hydrogen (secondary N) is 1. The maximum Gasteiger partial charge on any atom is 0.227 e. The topological polar surface area (TPSA) is 41.1 Å². The van der Waals surface area contributed by atoms with Gasteiger partial charge >= 0.3 is 0 Å². The number of rotatable bonds is 3. The Morgan fingerprint density at radius 1 is 1.47 bits per heavy atom. The second-order valence-corrected chi connectivity index (χ2v) is 4.45. The summed E-state index contributed by atoms with van der Waals surface area (Å²) in [5.74, 6) is 1.72. The van der Waals surface area contributed by atoms with Gasteiger partial charge in [0.15, 0.2) is 0 Å². The molecule has 5 heteroatoms. The highest BCUT2D eigenvalue weighted by Crippen LogP contribution is 2.23. The summed E-state index contributed by atoms with van der Waals surface area (Å²) < 4.78 is 0.923. The van der Waals surface area contributed by atoms with Crippen LogP contribution in [0.25, 0.3) is 0 Å². The maximum atomic E-state index is 4.50. The maximum absolute atomic E-state index is 4.50. The van der Waals surface area contributed by atoms with Crippen molar-refractivity contribution in [2.45, 2.75) is 19.8 Å². The van der Waals surface area contributed by atoms with Gasteiger partial charge in [0.1, 0.15) is 5.82 Å². The first-order valence-corrected chi connectivity index (χ1v) is 6.12. The Hall–Kier alpha value is -0.840. The molecule has 1 saturated heterocycles. The fourth-order valence-corrected chi connectivity index (χ4v) is 2.05. The normalized spacial score (nSPS) is 15.7. The van der Waals surface area contributed by atoms with E-state index in [9.17, 15) is 0 Å². The van der Waals surface area contributed by atoms with Gasteiger partial charge in [-0.3, -0.25) is 0 Å². The molecule has 1 N–H and O–H groups in total. The van der Waals surface area contributed by atoms with Crippen molar-refractivity contribution in [2.24, 2.45) is 0 Å². The molecule has 0 amide bonds. The molecule has 0 aliphatic carbocycles. The number of nitrogens with zero attached hydrogens (tertiary/aromatic N) is 3. The first kappa shape index (κ1) is 10.7. The third kappa shape index (κ3) is 2.40. The second-order valence-electron chi connectivity index (χ2n) is 3.59. The molecule has 1 aliphatic rings. The van der Waals surface area contributed by atoms with Crippen LogP contribution in [0.4, 0.5) is 11.8 Å². The molecular formula is C10H15BrN4. The first-order valence-electron chi connectivity index (χ1n) is 5.32. The number of hydrogen-bond donors (Lipinski definition) is 1. The average Bonchev–Trinajstić information content (AvgIpc) is 2.75. The van der Waals surface area contributed by atoms with Crippen LogP contribution in [0.15, 0.2) is 10.7 Å². The summed E-state index contributed by atoms with van der Waals surface area (Å²) in [4.78, 5) is 11.1. The highest BCUT2D eigenvalue weighted by atomic mass is 79.9. The number of anilines is 2. The third-order valence-corrected chi connectivity index (χ3v) is 3.04. The highest BCUT2D eigenvalue weighted by molar-refractivity contribution is 9.10. The van der Waals surface area contributed by atoms with Crippen molar-refractivity contribution in [1.29, 1.82) is 0 Å². The molecule has 1 aliphatic heterocycles. The van der Waals surface area contributed by atoms with Crippen LogP contribution in [0.1, 0.15) is 19.8 Å². The van der Waals surface area contributed by atoms with Crippen molar-refractivity contribution >= 4 is 27.7 Å². The van der Waals surface area contributed by atoms with Gasteiger partial charge in [-0.15, -0.1) is 0 Å². The van der Waals surface area contributed by atoms with E-state index in [2.05, 4.69) is 43.0 Å². The lowest BCUT2D eigenvalue weighted by molar-refractivity contribution is 0.895. The van der Waals surface area contributed by atoms with Gasteiger partial charge in [-0.2, -0.15) is 4.98 Å². The Balaban J connectivity index is 2.21. The van der Waals surface area contributed by atoms with E-state index >= 15 is 0 Å². The van der Waals surface area contributed by atoms with Gasteiger partial charge < -0.3 is 10.2 Å². The molecule has 1 fully saturated rings. The van der Waals surface area contributed by atoms with Gasteiger partial charge in [-0.25, -0.2) is 4.98 Å². The second kappa shape index (κ2) is 4.79. The van der Waals surface area contributed by atoms with Crippen molar-refractivity contribution in [3.05, 3.63) is 10.7 Å². The summed E-state index contributed by atoms with van der Waals surface area (Å²) in [6.07, 6.45) is 4.31. The van der Waals surface area contributed by atoms with Crippen LogP contribution in [-0.4, -0.2) is 29.6 Å². The lowest BCUT2D eigenvalue weighted by atomic mass is 10.4. The van der Waals surface area contributed by atoms with Gasteiger partial charge in [-0.05, 0) is 35.7 Å². The molecule has 0 atom stereocenters. The molecule has 1 aromatic heterocycles. The predicted octanol–water partition coefficient (Wildman–Crippen LogP) is 2.27. The molecule has 4 nitrogen and oxygen atoms in total. The minimum atomic E-state index is 0.839. The van der Waals surface area contributed by atoms with E-state index < -0.39 is 0 Å². The SMILES string of the molecule is CCNc1nc(N2CCCC2)ncc1Br. The number of halogens is 1. The monoisotopic (exact) mass is 270 g/mol. The molecule has 0 aromatic carbocycles. The van der Waals surface area contributed by atoms with E-state index in [4.69, 9.17) is 0 Å². The van der Waals surface area contributed by atoms with Crippen LogP contribution < -0.4 is 10.2 Å². The summed E-state index contributed by atoms with van der Waals surface area (Å²) in [7, 11) is 0. The van der Waals surface area contributed by atoms with E-state index in [1.807, 2.05) is 6.20 Å². The zero-order chi connectivity index (χ0) is 10.7. The molecular weight excluding hydrogens is 256 g/mol. The van der Waals surface area contributed by atoms with Gasteiger partial charge in [0.2, 0.25) is 5.95 Å². The van der Waals surface area contributed by atoms with E-state index in [1.165, 1.54) is 12.8 Å². The zero-order valence-corrected chi connectivity index (χ0v) is 10.4. The molecule has 2 rings (SSSR count). The first-order chi connectivity index (χ1) is 7.31. The molecule has 82 valence electrons. The van der Waals surface area contributed by atoms with E-state index in [0.29, 0.717) is 0 Å². The quantitative estimate of drug-likeness (QED) is 0.915. The van der Waals surface area contributed by atoms with Crippen molar-refractivity contribution < 1.29 is 0 Å². The largest absolute Gasteiger partial charge is 0.369 e. The van der Waals surface area contributed by atoms with Crippen molar-refractivity contribution in [1.82, 2.24) is 9.97 Å². The Morgan fingerprint density at radius 2 is 2.20 bits per heavy atom. The lowest BCUT2D eigenvalue weighted by Gasteiger charge is -2.16. The van der Waals surface area contributed by atoms with Crippen molar-refractivity contribution in [3.8, 4) is 0 Å². The molecule has 2 heterocycles. The van der Waals surface area contributed by atoms with Crippen LogP contribution in [0.2, 0.25) is 0 Å². The molecule has 1 aromatic rings. The molecule has 0 unspecified atom stereocenters. The van der Waals surface area contributed by atoms with Crippen LogP contribution >= 0.6 is 15.9 Å². The zero-order valence-electron chi connectivity index (χ0n) is 8.83. The fraction of sp³-hybridized carbons (Fsp3) is 0.600. The Labute approximate surface area is 98.2 Å². The van der Waals surface area contributed by atoms with Gasteiger partial charge in [-0.1, -0.05) is 0 Å². The van der Waals surface area contributed by atoms with E-state index in [0.717, 1.165) is 35.9 Å². The minimum absolute atomic E-state index is 0.839. The van der Waals surface area contributed by atoms with E-state index in [1.54, 1.807) is 0 Å². The lowest BCUT2D eigenvalue weighted by Crippen LogP contribution is -2.21. The number of hydrogen-bond acceptors (Lipinski definition) is 4. The summed E-state index contributed by atoms with van der Waals surface area (Å²) in [6, 6.07) is 0. The van der Waals surface area contributed by atoms with Crippen LogP contribution in [0.5, 0.6) is 0 Å². The van der Waals surface area contributed by atoms with Crippen LogP contribution in [0, 0.1) is 0 Å². The molecule has 0 spiro atoms. The predicted molar refractivity (Wildman–Crippen MR) is 65.3 cm³/mol. The minimum Gasteiger partial charge on any atom is -0.369 e. The number of aromatic nitrogens is 2. The van der Waals surface area contributed by atoms with Gasteiger partial charge in [0.25, 0.3) is 0 Å². The molecule has 0 saturated carbocycles. The Morgan fingerprint density at radius 3 is 2.87 bits per heavy atom. The highest BCUT2D eigenvalue weighted by Gasteiger charge is 2.15. The Bertz CT molecular complexity index is 336. The van der Waals surface area contributed by atoms with E-state index in [-0.39, 0.29) is 0 Å². The summed E-state index contributed by atoms with van der Waals surface area (Å²) >= 11 is 3.43. The Kier molecular flexibility index (Phi) is 3.41. The molecule has 0 radical (unpaired) electrons. The average molecular weight is 271 g/mol. The molecule has 15 heavy (non-hydrogen) atoms. The van der Waals surface area contributed by atoms with Crippen molar-refractivity contribution in [3.63, 3.8) is 0 Å². The fourth-order valence-electron chi connectivity index (χ4n) is 1.72. The van der Waals surface area contributed by atoms with Crippen LogP contribution in [-0.2, 0) is 0 Å². The summed E-state index contributed by atoms with van der Waals surface area (Å²) in [6.45, 7) is 5.08. The smallest absolute Gasteiger partial charge is 0.227 e. The van der Waals surface area contributed by atoms with Crippen LogP contribution in [0.3, 0.4) is 0 Å². The van der Waals surface area contributed by atoms with Gasteiger partial charge in [0.05, 0.1) is 4.47 Å². The van der Waals surface area contributed by atoms with Gasteiger partial charge in [0, 0.05) is 25.8 Å². The summed E-state index contributed by atoms with van der Waals surface area (Å²) in [5, 5.41) is 3.22. The molecule has 0 bridgehead atoms. The third-order valence-electron chi connectivity index (χ3n) is 2.46.